The molecule has 0 radical (unpaired) electrons. The van der Waals surface area contributed by atoms with E-state index in [2.05, 4.69) is 13.8 Å². The van der Waals surface area contributed by atoms with Crippen molar-refractivity contribution in [3.63, 3.8) is 0 Å². The minimum absolute atomic E-state index is 0.275. The fraction of sp³-hybridized carbons (Fsp3) is 0.483. The molecule has 0 saturated heterocycles. The van der Waals surface area contributed by atoms with E-state index in [1.807, 2.05) is 30.3 Å². The molecule has 0 fully saturated rings. The van der Waals surface area contributed by atoms with Crippen molar-refractivity contribution >= 4 is 44.7 Å². The van der Waals surface area contributed by atoms with Crippen LogP contribution in [0.2, 0.25) is 0 Å². The molecule has 1 nitrogen and oxygen atoms in total. The number of halogens is 24. The Morgan fingerprint density at radius 2 is 0.517 bits per heavy atom. The van der Waals surface area contributed by atoms with Crippen molar-refractivity contribution in [2.75, 3.05) is 17.3 Å². The molecule has 0 aromatic heterocycles. The second-order valence-corrected chi connectivity index (χ2v) is 23.5. The van der Waals surface area contributed by atoms with Gasteiger partial charge in [-0.3, -0.25) is 4.79 Å². The summed E-state index contributed by atoms with van der Waals surface area (Å²) in [6, 6.07) is 1.13. The number of hydrogen-bond donors (Lipinski definition) is 0. The molecule has 0 heterocycles. The third-order valence-corrected chi connectivity index (χ3v) is 16.8. The van der Waals surface area contributed by atoms with Crippen LogP contribution in [0.4, 0.5) is 105 Å². The number of unbranched alkanes of at least 4 members (excludes halogenated alkanes) is 14. The van der Waals surface area contributed by atoms with E-state index in [9.17, 15) is 110 Å². The molecule has 0 aliphatic carbocycles. The maximum atomic E-state index is 14.2. The van der Waals surface area contributed by atoms with E-state index in [-0.39, 0.29) is 10.9 Å². The first-order chi connectivity index (χ1) is 40.0. The summed E-state index contributed by atoms with van der Waals surface area (Å²) in [5.74, 6) is 3.67. The quantitative estimate of drug-likeness (QED) is 0.0187. The van der Waals surface area contributed by atoms with Gasteiger partial charge in [0.15, 0.2) is 5.75 Å². The summed E-state index contributed by atoms with van der Waals surface area (Å²) < 4.78 is 341. The topological polar surface area (TPSA) is 17.1 Å². The monoisotopic (exact) mass is 1300 g/mol. The predicted octanol–water partition coefficient (Wildman–Crippen LogP) is 20.0. The second-order valence-electron chi connectivity index (χ2n) is 21.1. The zero-order valence-corrected chi connectivity index (χ0v) is 47.5. The van der Waals surface area contributed by atoms with Gasteiger partial charge >= 0.3 is 49.4 Å². The molecule has 484 valence electrons. The molecule has 0 spiro atoms. The Labute approximate surface area is 489 Å². The highest BCUT2D eigenvalue weighted by Gasteiger charge is 2.47. The Kier molecular flexibility index (Phi) is 25.8. The van der Waals surface area contributed by atoms with Gasteiger partial charge in [0.1, 0.15) is 17.7 Å². The number of ketones is 1. The van der Waals surface area contributed by atoms with Crippen LogP contribution in [0, 0.1) is 0 Å². The van der Waals surface area contributed by atoms with Crippen molar-refractivity contribution in [3.05, 3.63) is 153 Å². The lowest BCUT2D eigenvalue weighted by Gasteiger charge is -2.46. The van der Waals surface area contributed by atoms with E-state index >= 15 is 0 Å². The van der Waals surface area contributed by atoms with Crippen LogP contribution in [0.15, 0.2) is 103 Å². The van der Waals surface area contributed by atoms with Crippen LogP contribution in [0.3, 0.4) is 0 Å². The standard InChI is InChI=1S/C32H12BF24.C28H49OS/c34-25(35,36)13-1-14(26(37,38)39)6-21(5-13)33(22-7-15(27(40,41)42)2-16(8-22)28(43,44)45,23-9-17(29(46,47)48)3-18(10-23)30(49,50)51)24-11-19(31(52,53)54)4-20(12-24)32(55,56)57;1-3-5-7-9-11-13-15-20-24-30(25-21-16-14-12-10-8-6-4-2)26-28(29)27-22-18-17-19-23-27/h1-12H;17-19,22-23H,3-16,20-21,24-26H2,1-2H3/q-1;+1. The average Bonchev–Trinajstić information content (AvgIpc) is 0.733. The Hall–Kier alpha value is -5.50. The van der Waals surface area contributed by atoms with Crippen molar-refractivity contribution in [1.29, 1.82) is 0 Å². The van der Waals surface area contributed by atoms with Gasteiger partial charge in [-0.05, 0) is 60.8 Å². The van der Waals surface area contributed by atoms with Gasteiger partial charge in [0, 0.05) is 5.56 Å². The summed E-state index contributed by atoms with van der Waals surface area (Å²) in [5.41, 5.74) is -29.3. The molecular weight excluding hydrogens is 1240 g/mol. The summed E-state index contributed by atoms with van der Waals surface area (Å²) in [5, 5.41) is 0. The second kappa shape index (κ2) is 30.3. The van der Waals surface area contributed by atoms with Crippen molar-refractivity contribution in [1.82, 2.24) is 0 Å². The fourth-order valence-electron chi connectivity index (χ4n) is 10.1. The summed E-state index contributed by atoms with van der Waals surface area (Å²) >= 11 is 0. The molecule has 27 heteroatoms. The summed E-state index contributed by atoms with van der Waals surface area (Å²) in [7, 11) is 0.275. The smallest absolute Gasteiger partial charge is 0.289 e. The molecule has 0 aliphatic rings. The van der Waals surface area contributed by atoms with Gasteiger partial charge in [-0.25, -0.2) is 0 Å². The lowest BCUT2D eigenvalue weighted by atomic mass is 9.12. The van der Waals surface area contributed by atoms with Crippen molar-refractivity contribution in [2.24, 2.45) is 0 Å². The van der Waals surface area contributed by atoms with Gasteiger partial charge in [0.25, 0.3) is 0 Å². The maximum Gasteiger partial charge on any atom is 0.416 e. The lowest BCUT2D eigenvalue weighted by molar-refractivity contribution is -0.144. The Balaban J connectivity index is 0.000000455. The number of hydrogen-bond acceptors (Lipinski definition) is 1. The van der Waals surface area contributed by atoms with Gasteiger partial charge in [0.05, 0.1) is 44.5 Å². The number of carbonyl (C=O) groups excluding carboxylic acids is 1. The van der Waals surface area contributed by atoms with Gasteiger partial charge in [0.2, 0.25) is 5.78 Å². The van der Waals surface area contributed by atoms with Crippen LogP contribution >= 0.6 is 0 Å². The van der Waals surface area contributed by atoms with Crippen molar-refractivity contribution in [3.8, 4) is 0 Å². The van der Waals surface area contributed by atoms with E-state index in [1.54, 1.807) is 0 Å². The molecule has 0 aliphatic heterocycles. The highest BCUT2D eigenvalue weighted by atomic mass is 32.2. The lowest BCUT2D eigenvalue weighted by Crippen LogP contribution is -2.75. The summed E-state index contributed by atoms with van der Waals surface area (Å²) in [6.07, 6.45) is -32.8. The Bertz CT molecular complexity index is 2510. The largest absolute Gasteiger partial charge is 0.416 e. The number of carbonyl (C=O) groups is 1. The Morgan fingerprint density at radius 3 is 0.724 bits per heavy atom. The minimum atomic E-state index is -6.13. The van der Waals surface area contributed by atoms with Crippen molar-refractivity contribution in [2.45, 2.75) is 166 Å². The van der Waals surface area contributed by atoms with Crippen LogP contribution < -0.4 is 21.9 Å². The molecule has 5 aromatic carbocycles. The van der Waals surface area contributed by atoms with E-state index < -0.39 is 195 Å². The van der Waals surface area contributed by atoms with Gasteiger partial charge in [-0.1, -0.05) is 170 Å². The van der Waals surface area contributed by atoms with E-state index in [1.165, 1.54) is 114 Å². The van der Waals surface area contributed by atoms with E-state index in [4.69, 9.17) is 0 Å². The SMILES string of the molecule is CCCCCCCCCC[S+](CCCCCCCCCC)CC(=O)c1ccccc1.FC(F)(F)c1cc([B-](c2cc(C(F)(F)F)cc(C(F)(F)F)c2)(c2cc(C(F)(F)F)cc(C(F)(F)F)c2)c2cc(C(F)(F)F)cc(C(F)(F)F)c2)cc(C(F)(F)F)c1. The van der Waals surface area contributed by atoms with E-state index in [0.717, 1.165) is 11.3 Å². The first-order valence-corrected chi connectivity index (χ1v) is 29.3. The minimum Gasteiger partial charge on any atom is -0.289 e. The molecule has 0 atom stereocenters. The van der Waals surface area contributed by atoms with E-state index in [0.29, 0.717) is 5.78 Å². The van der Waals surface area contributed by atoms with Crippen LogP contribution in [0.5, 0.6) is 0 Å². The number of Topliss-reactive ketones (excluding diaryl/α,β-unsaturated/α-hetero) is 1. The van der Waals surface area contributed by atoms with Gasteiger partial charge < -0.3 is 0 Å². The predicted molar refractivity (Wildman–Crippen MR) is 288 cm³/mol. The highest BCUT2D eigenvalue weighted by Crippen LogP contribution is 2.42. The fourth-order valence-corrected chi connectivity index (χ4v) is 12.3. The third-order valence-electron chi connectivity index (χ3n) is 14.4. The van der Waals surface area contributed by atoms with Crippen molar-refractivity contribution < 1.29 is 110 Å². The van der Waals surface area contributed by atoms with Crippen LogP contribution in [-0.2, 0) is 60.3 Å². The summed E-state index contributed by atoms with van der Waals surface area (Å²) in [6.45, 7) is 4.56. The van der Waals surface area contributed by atoms with Gasteiger partial charge in [-0.15, -0.1) is 0 Å². The normalized spacial score (nSPS) is 13.3. The molecule has 87 heavy (non-hydrogen) atoms. The molecule has 0 N–H and O–H groups in total. The first kappa shape index (κ1) is 74.0. The number of benzene rings is 5. The zero-order chi connectivity index (χ0) is 65.6. The van der Waals surface area contributed by atoms with Crippen LogP contribution in [-0.4, -0.2) is 29.2 Å². The molecular formula is C60H61BF24OS. The molecule has 0 unspecified atom stereocenters. The molecule has 0 saturated carbocycles. The summed E-state index contributed by atoms with van der Waals surface area (Å²) in [4.78, 5) is 12.7. The number of alkyl halides is 24. The van der Waals surface area contributed by atoms with Gasteiger partial charge in [-0.2, -0.15) is 127 Å². The zero-order valence-electron chi connectivity index (χ0n) is 46.7. The number of rotatable bonds is 25. The maximum absolute atomic E-state index is 14.2. The molecule has 0 bridgehead atoms. The molecule has 5 rings (SSSR count). The Morgan fingerprint density at radius 1 is 0.310 bits per heavy atom. The molecule has 0 amide bonds. The van der Waals surface area contributed by atoms with Crippen LogP contribution in [0.25, 0.3) is 0 Å². The highest BCUT2D eigenvalue weighted by molar-refractivity contribution is 7.97. The molecule has 5 aromatic rings. The van der Waals surface area contributed by atoms with Crippen LogP contribution in [0.1, 0.15) is 171 Å². The third kappa shape index (κ3) is 21.9. The average molecular weight is 1300 g/mol. The first-order valence-electron chi connectivity index (χ1n) is 27.6.